The molecule has 1 unspecified atom stereocenters. The van der Waals surface area contributed by atoms with Crippen LogP contribution < -0.4 is 0 Å². The van der Waals surface area contributed by atoms with Gasteiger partial charge in [0.1, 0.15) is 0 Å². The van der Waals surface area contributed by atoms with E-state index in [-0.39, 0.29) is 5.78 Å². The van der Waals surface area contributed by atoms with Gasteiger partial charge >= 0.3 is 0 Å². The van der Waals surface area contributed by atoms with Gasteiger partial charge in [0.2, 0.25) is 0 Å². The molecule has 0 heterocycles. The molecule has 0 saturated heterocycles. The molecule has 18 heavy (non-hydrogen) atoms. The summed E-state index contributed by atoms with van der Waals surface area (Å²) in [4.78, 5) is 12.1. The SMILES string of the molecule is O=C1CCC2CC=CC=C2C1=Cc1ccccc1. The zero-order valence-electron chi connectivity index (χ0n) is 10.3. The predicted octanol–water partition coefficient (Wildman–Crippen LogP) is 3.94. The van der Waals surface area contributed by atoms with E-state index in [4.69, 9.17) is 0 Å². The van der Waals surface area contributed by atoms with Crippen molar-refractivity contribution in [2.24, 2.45) is 5.92 Å². The number of Topliss-reactive ketones (excluding diaryl/α,β-unsaturated/α-hetero) is 1. The van der Waals surface area contributed by atoms with Crippen LogP contribution in [0.4, 0.5) is 0 Å². The zero-order chi connectivity index (χ0) is 12.4. The zero-order valence-corrected chi connectivity index (χ0v) is 10.3. The van der Waals surface area contributed by atoms with Crippen LogP contribution in [0.3, 0.4) is 0 Å². The van der Waals surface area contributed by atoms with Crippen molar-refractivity contribution < 1.29 is 4.79 Å². The van der Waals surface area contributed by atoms with Crippen molar-refractivity contribution in [1.82, 2.24) is 0 Å². The number of hydrogen-bond donors (Lipinski definition) is 0. The number of hydrogen-bond acceptors (Lipinski definition) is 1. The summed E-state index contributed by atoms with van der Waals surface area (Å²) in [7, 11) is 0. The minimum Gasteiger partial charge on any atom is -0.294 e. The predicted molar refractivity (Wildman–Crippen MR) is 74.0 cm³/mol. The first-order valence-corrected chi connectivity index (χ1v) is 6.51. The topological polar surface area (TPSA) is 17.1 Å². The third-order valence-corrected chi connectivity index (χ3v) is 3.71. The highest BCUT2D eigenvalue weighted by atomic mass is 16.1. The molecule has 2 aliphatic carbocycles. The van der Waals surface area contributed by atoms with E-state index in [9.17, 15) is 4.79 Å². The number of carbonyl (C=O) groups excluding carboxylic acids is 1. The fraction of sp³-hybridized carbons (Fsp3) is 0.235. The summed E-state index contributed by atoms with van der Waals surface area (Å²) in [6.07, 6.45) is 11.2. The van der Waals surface area contributed by atoms with Gasteiger partial charge in [-0.2, -0.15) is 0 Å². The molecule has 0 bridgehead atoms. The Balaban J connectivity index is 2.02. The molecule has 3 rings (SSSR count). The normalized spacial score (nSPS) is 24.9. The second kappa shape index (κ2) is 4.77. The lowest BCUT2D eigenvalue weighted by Crippen LogP contribution is -2.21. The first-order valence-electron chi connectivity index (χ1n) is 6.51. The summed E-state index contributed by atoms with van der Waals surface area (Å²) >= 11 is 0. The molecule has 0 aromatic heterocycles. The average molecular weight is 236 g/mol. The lowest BCUT2D eigenvalue weighted by Gasteiger charge is -2.28. The average Bonchev–Trinajstić information content (AvgIpc) is 2.43. The monoisotopic (exact) mass is 236 g/mol. The maximum Gasteiger partial charge on any atom is 0.163 e. The van der Waals surface area contributed by atoms with Gasteiger partial charge in [-0.1, -0.05) is 48.6 Å². The lowest BCUT2D eigenvalue weighted by molar-refractivity contribution is -0.116. The Morgan fingerprint density at radius 1 is 1.17 bits per heavy atom. The van der Waals surface area contributed by atoms with Crippen LogP contribution in [0.2, 0.25) is 0 Å². The Labute approximate surface area is 108 Å². The summed E-state index contributed by atoms with van der Waals surface area (Å²) < 4.78 is 0. The number of ketones is 1. The molecule has 90 valence electrons. The molecule has 0 spiro atoms. The van der Waals surface area contributed by atoms with Gasteiger partial charge in [-0.05, 0) is 36.0 Å². The molecule has 0 radical (unpaired) electrons. The molecule has 1 aromatic rings. The largest absolute Gasteiger partial charge is 0.294 e. The quantitative estimate of drug-likeness (QED) is 0.675. The van der Waals surface area contributed by atoms with Gasteiger partial charge in [-0.15, -0.1) is 0 Å². The first kappa shape index (κ1) is 11.2. The van der Waals surface area contributed by atoms with Gasteiger partial charge in [0.25, 0.3) is 0 Å². The Morgan fingerprint density at radius 2 is 2.00 bits per heavy atom. The molecule has 1 aromatic carbocycles. The van der Waals surface area contributed by atoms with E-state index in [0.29, 0.717) is 12.3 Å². The maximum atomic E-state index is 12.1. The summed E-state index contributed by atoms with van der Waals surface area (Å²) in [5.74, 6) is 0.833. The van der Waals surface area contributed by atoms with Crippen LogP contribution in [0, 0.1) is 5.92 Å². The number of benzene rings is 1. The van der Waals surface area contributed by atoms with Gasteiger partial charge in [-0.25, -0.2) is 0 Å². The van der Waals surface area contributed by atoms with E-state index in [1.54, 1.807) is 0 Å². The van der Waals surface area contributed by atoms with Crippen molar-refractivity contribution >= 4 is 11.9 Å². The summed E-state index contributed by atoms with van der Waals surface area (Å²) in [5, 5.41) is 0. The van der Waals surface area contributed by atoms with E-state index in [2.05, 4.69) is 18.2 Å². The van der Waals surface area contributed by atoms with E-state index in [1.807, 2.05) is 36.4 Å². The third kappa shape index (κ3) is 2.08. The van der Waals surface area contributed by atoms with Gasteiger partial charge in [0.05, 0.1) is 0 Å². The van der Waals surface area contributed by atoms with Crippen LogP contribution >= 0.6 is 0 Å². The summed E-state index contributed by atoms with van der Waals surface area (Å²) in [6, 6.07) is 10.1. The number of allylic oxidation sites excluding steroid dienone is 5. The van der Waals surface area contributed by atoms with Crippen molar-refractivity contribution in [2.45, 2.75) is 19.3 Å². The van der Waals surface area contributed by atoms with Gasteiger partial charge in [0, 0.05) is 12.0 Å². The molecule has 0 amide bonds. The Bertz CT molecular complexity index is 546. The van der Waals surface area contributed by atoms with Crippen molar-refractivity contribution in [3.8, 4) is 0 Å². The van der Waals surface area contributed by atoms with Crippen LogP contribution in [-0.4, -0.2) is 5.78 Å². The maximum absolute atomic E-state index is 12.1. The molecule has 2 aliphatic rings. The van der Waals surface area contributed by atoms with Crippen molar-refractivity contribution in [1.29, 1.82) is 0 Å². The van der Waals surface area contributed by atoms with Crippen LogP contribution in [-0.2, 0) is 4.79 Å². The number of carbonyl (C=O) groups is 1. The Kier molecular flexibility index (Phi) is 2.97. The standard InChI is InChI=1S/C17H16O/c18-17-11-10-14-8-4-5-9-15(14)16(17)12-13-6-2-1-3-7-13/h1-7,9,12,14H,8,10-11H2. The van der Waals surface area contributed by atoms with E-state index in [0.717, 1.165) is 24.0 Å². The Hall–Kier alpha value is -1.89. The molecular weight excluding hydrogens is 220 g/mol. The molecular formula is C17H16O. The van der Waals surface area contributed by atoms with Crippen LogP contribution in [0.25, 0.3) is 6.08 Å². The molecule has 0 N–H and O–H groups in total. The third-order valence-electron chi connectivity index (χ3n) is 3.71. The van der Waals surface area contributed by atoms with Crippen molar-refractivity contribution in [2.75, 3.05) is 0 Å². The molecule has 1 nitrogen and oxygen atoms in total. The molecule has 1 heteroatoms. The molecule has 1 saturated carbocycles. The number of fused-ring (bicyclic) bond motifs is 1. The van der Waals surface area contributed by atoms with Crippen LogP contribution in [0.5, 0.6) is 0 Å². The molecule has 1 fully saturated rings. The van der Waals surface area contributed by atoms with Crippen LogP contribution in [0.15, 0.2) is 59.7 Å². The second-order valence-electron chi connectivity index (χ2n) is 4.91. The highest BCUT2D eigenvalue weighted by molar-refractivity contribution is 6.05. The number of rotatable bonds is 1. The summed E-state index contributed by atoms with van der Waals surface area (Å²) in [6.45, 7) is 0. The van der Waals surface area contributed by atoms with Gasteiger partial charge in [0.15, 0.2) is 5.78 Å². The van der Waals surface area contributed by atoms with Crippen LogP contribution in [0.1, 0.15) is 24.8 Å². The summed E-state index contributed by atoms with van der Waals surface area (Å²) in [5.41, 5.74) is 3.26. The Morgan fingerprint density at radius 3 is 2.83 bits per heavy atom. The lowest BCUT2D eigenvalue weighted by atomic mass is 9.76. The fourth-order valence-electron chi connectivity index (χ4n) is 2.74. The second-order valence-corrected chi connectivity index (χ2v) is 4.91. The minimum atomic E-state index is 0.289. The van der Waals surface area contributed by atoms with E-state index < -0.39 is 0 Å². The van der Waals surface area contributed by atoms with Crippen molar-refractivity contribution in [3.05, 3.63) is 65.3 Å². The van der Waals surface area contributed by atoms with Crippen molar-refractivity contribution in [3.63, 3.8) is 0 Å². The van der Waals surface area contributed by atoms with E-state index >= 15 is 0 Å². The first-order chi connectivity index (χ1) is 8.84. The smallest absolute Gasteiger partial charge is 0.163 e. The highest BCUT2D eigenvalue weighted by Gasteiger charge is 2.28. The molecule has 1 atom stereocenters. The highest BCUT2D eigenvalue weighted by Crippen LogP contribution is 2.37. The fourth-order valence-corrected chi connectivity index (χ4v) is 2.74. The minimum absolute atomic E-state index is 0.289. The van der Waals surface area contributed by atoms with E-state index in [1.165, 1.54) is 5.57 Å². The van der Waals surface area contributed by atoms with Gasteiger partial charge < -0.3 is 0 Å². The van der Waals surface area contributed by atoms with Gasteiger partial charge in [-0.3, -0.25) is 4.79 Å². The molecule has 0 aliphatic heterocycles.